The van der Waals surface area contributed by atoms with E-state index in [1.54, 1.807) is 18.0 Å². The number of aryl methyl sites for hydroxylation is 1. The lowest BCUT2D eigenvalue weighted by molar-refractivity contribution is -0.117. The summed E-state index contributed by atoms with van der Waals surface area (Å²) in [6.45, 7) is 0. The van der Waals surface area contributed by atoms with Gasteiger partial charge < -0.3 is 9.72 Å². The molecule has 2 aromatic heterocycles. The first-order valence-electron chi connectivity index (χ1n) is 7.57. The number of aromatic amines is 1. The van der Waals surface area contributed by atoms with Crippen LogP contribution in [0.3, 0.4) is 0 Å². The van der Waals surface area contributed by atoms with Crippen molar-refractivity contribution in [3.63, 3.8) is 0 Å². The molecule has 0 aliphatic heterocycles. The monoisotopic (exact) mass is 389 g/mol. The number of carbonyl (C=O) groups excluding carboxylic acids is 1. The van der Waals surface area contributed by atoms with Gasteiger partial charge in [0, 0.05) is 29.2 Å². The van der Waals surface area contributed by atoms with E-state index < -0.39 is 0 Å². The second-order valence-electron chi connectivity index (χ2n) is 5.87. The molecule has 2 N–H and O–H groups in total. The fourth-order valence-corrected chi connectivity index (χ4v) is 3.38. The molecule has 8 heteroatoms. The maximum absolute atomic E-state index is 12.1. The number of halogens is 1. The number of aromatic nitrogens is 4. The van der Waals surface area contributed by atoms with Gasteiger partial charge in [-0.1, -0.05) is 15.9 Å². The topological polar surface area (TPSA) is 84.8 Å². The second-order valence-corrected chi connectivity index (χ2v) is 7.05. The van der Waals surface area contributed by atoms with E-state index in [-0.39, 0.29) is 16.7 Å². The van der Waals surface area contributed by atoms with Crippen LogP contribution in [-0.2, 0) is 11.8 Å². The number of H-pyrrole nitrogens is 1. The van der Waals surface area contributed by atoms with E-state index in [0.29, 0.717) is 11.7 Å². The molecule has 2 heterocycles. The summed E-state index contributed by atoms with van der Waals surface area (Å²) in [6, 6.07) is 3.82. The van der Waals surface area contributed by atoms with E-state index in [1.807, 2.05) is 25.4 Å². The van der Waals surface area contributed by atoms with E-state index in [0.717, 1.165) is 28.6 Å². The molecule has 0 unspecified atom stereocenters. The van der Waals surface area contributed by atoms with Crippen molar-refractivity contribution in [1.29, 1.82) is 0 Å². The highest BCUT2D eigenvalue weighted by molar-refractivity contribution is 9.09. The van der Waals surface area contributed by atoms with Gasteiger partial charge in [0.15, 0.2) is 0 Å². The highest BCUT2D eigenvalue weighted by Gasteiger charge is 2.41. The second kappa shape index (κ2) is 5.62. The number of benzene rings is 1. The summed E-state index contributed by atoms with van der Waals surface area (Å²) < 4.78 is 7.15. The Labute approximate surface area is 146 Å². The molecule has 1 fully saturated rings. The number of ether oxygens (including phenoxy) is 1. The number of carbonyl (C=O) groups is 1. The molecule has 1 aromatic carbocycles. The van der Waals surface area contributed by atoms with Crippen LogP contribution in [0.1, 0.15) is 6.42 Å². The minimum Gasteiger partial charge on any atom is -0.494 e. The van der Waals surface area contributed by atoms with Crippen LogP contribution in [0, 0.1) is 5.92 Å². The number of rotatable bonds is 4. The molecule has 2 atom stereocenters. The van der Waals surface area contributed by atoms with E-state index in [2.05, 4.69) is 36.3 Å². The van der Waals surface area contributed by atoms with Gasteiger partial charge >= 0.3 is 0 Å². The summed E-state index contributed by atoms with van der Waals surface area (Å²) in [5.41, 5.74) is 3.38. The molecule has 3 aromatic rings. The van der Waals surface area contributed by atoms with E-state index >= 15 is 0 Å². The van der Waals surface area contributed by atoms with Gasteiger partial charge in [-0.05, 0) is 18.6 Å². The Balaban J connectivity index is 1.76. The average molecular weight is 390 g/mol. The maximum atomic E-state index is 12.1. The van der Waals surface area contributed by atoms with Crippen molar-refractivity contribution in [3.8, 4) is 16.9 Å². The minimum atomic E-state index is -0.0298. The van der Waals surface area contributed by atoms with Crippen LogP contribution in [0.15, 0.2) is 24.5 Å². The highest BCUT2D eigenvalue weighted by atomic mass is 79.9. The fraction of sp³-hybridized carbons (Fsp3) is 0.312. The largest absolute Gasteiger partial charge is 0.494 e. The molecular formula is C16H16BrN5O2. The normalized spacial score (nSPS) is 19.5. The van der Waals surface area contributed by atoms with Crippen molar-refractivity contribution in [2.45, 2.75) is 11.2 Å². The van der Waals surface area contributed by atoms with Crippen molar-refractivity contribution in [2.75, 3.05) is 12.4 Å². The SMILES string of the molecule is COc1ccc(-c2cnn(C)c2)c2nc(NC(=O)[C@@H]3C[C@@H]3Br)[nH]c12. The van der Waals surface area contributed by atoms with E-state index in [9.17, 15) is 4.79 Å². The van der Waals surface area contributed by atoms with Crippen LogP contribution in [0.25, 0.3) is 22.2 Å². The smallest absolute Gasteiger partial charge is 0.230 e. The van der Waals surface area contributed by atoms with Crippen molar-refractivity contribution in [3.05, 3.63) is 24.5 Å². The van der Waals surface area contributed by atoms with Crippen molar-refractivity contribution >= 4 is 38.8 Å². The number of hydrogen-bond donors (Lipinski definition) is 2. The molecule has 0 radical (unpaired) electrons. The highest BCUT2D eigenvalue weighted by Crippen LogP contribution is 2.39. The lowest BCUT2D eigenvalue weighted by Crippen LogP contribution is -2.15. The predicted octanol–water partition coefficient (Wildman–Crippen LogP) is 2.69. The number of imidazole rings is 1. The van der Waals surface area contributed by atoms with Gasteiger partial charge in [-0.15, -0.1) is 0 Å². The molecule has 7 nitrogen and oxygen atoms in total. The number of methoxy groups -OCH3 is 1. The summed E-state index contributed by atoms with van der Waals surface area (Å²) in [6.07, 6.45) is 4.57. The molecule has 24 heavy (non-hydrogen) atoms. The van der Waals surface area contributed by atoms with Crippen molar-refractivity contribution < 1.29 is 9.53 Å². The van der Waals surface area contributed by atoms with Crippen molar-refractivity contribution in [1.82, 2.24) is 19.7 Å². The van der Waals surface area contributed by atoms with Crippen LogP contribution in [0.4, 0.5) is 5.95 Å². The molecule has 1 amide bonds. The van der Waals surface area contributed by atoms with Gasteiger partial charge in [0.1, 0.15) is 16.8 Å². The Kier molecular flexibility index (Phi) is 3.56. The Hall–Kier alpha value is -2.35. The molecule has 0 spiro atoms. The average Bonchev–Trinajstić information content (AvgIpc) is 2.95. The molecule has 1 aliphatic carbocycles. The number of nitrogens with one attached hydrogen (secondary N) is 2. The standard InChI is InChI=1S/C16H16BrN5O2/c1-22-7-8(6-18-22)9-3-4-12(24-2)14-13(9)19-16(20-14)21-15(23)10-5-11(10)17/h3-4,6-7,10-11H,5H2,1-2H3,(H2,19,20,21,23)/t10-,11+/m1/s1. The molecule has 4 rings (SSSR count). The fourth-order valence-electron chi connectivity index (χ4n) is 2.73. The summed E-state index contributed by atoms with van der Waals surface area (Å²) in [7, 11) is 3.48. The van der Waals surface area contributed by atoms with Crippen LogP contribution < -0.4 is 10.1 Å². The lowest BCUT2D eigenvalue weighted by atomic mass is 10.1. The molecule has 1 saturated carbocycles. The number of fused-ring (bicyclic) bond motifs is 1. The molecular weight excluding hydrogens is 374 g/mol. The minimum absolute atomic E-state index is 0.0119. The molecule has 0 bridgehead atoms. The molecule has 1 aliphatic rings. The Bertz CT molecular complexity index is 932. The van der Waals surface area contributed by atoms with Crippen LogP contribution in [-0.4, -0.2) is 37.6 Å². The lowest BCUT2D eigenvalue weighted by Gasteiger charge is -2.04. The first kappa shape index (κ1) is 15.2. The quantitative estimate of drug-likeness (QED) is 0.671. The first-order chi connectivity index (χ1) is 11.6. The summed E-state index contributed by atoms with van der Waals surface area (Å²) in [4.78, 5) is 20.1. The van der Waals surface area contributed by atoms with E-state index in [1.165, 1.54) is 0 Å². The summed E-state index contributed by atoms with van der Waals surface area (Å²) in [5, 5.41) is 7.06. The van der Waals surface area contributed by atoms with Gasteiger partial charge in [-0.2, -0.15) is 5.10 Å². The van der Waals surface area contributed by atoms with Crippen LogP contribution in [0.5, 0.6) is 5.75 Å². The predicted molar refractivity (Wildman–Crippen MR) is 94.3 cm³/mol. The third-order valence-corrected chi connectivity index (χ3v) is 5.15. The first-order valence-corrected chi connectivity index (χ1v) is 8.49. The number of amides is 1. The van der Waals surface area contributed by atoms with Crippen LogP contribution in [0.2, 0.25) is 0 Å². The molecule has 124 valence electrons. The summed E-state index contributed by atoms with van der Waals surface area (Å²) >= 11 is 3.44. The number of hydrogen-bond acceptors (Lipinski definition) is 4. The van der Waals surface area contributed by atoms with E-state index in [4.69, 9.17) is 4.74 Å². The zero-order valence-corrected chi connectivity index (χ0v) is 14.8. The number of anilines is 1. The van der Waals surface area contributed by atoms with Gasteiger partial charge in [-0.25, -0.2) is 4.98 Å². The zero-order valence-electron chi connectivity index (χ0n) is 13.2. The number of alkyl halides is 1. The zero-order chi connectivity index (χ0) is 16.8. The third kappa shape index (κ3) is 2.56. The number of nitrogens with zero attached hydrogens (tertiary/aromatic N) is 3. The Morgan fingerprint density at radius 3 is 2.92 bits per heavy atom. The molecule has 0 saturated heterocycles. The Morgan fingerprint density at radius 2 is 2.29 bits per heavy atom. The third-order valence-electron chi connectivity index (χ3n) is 4.13. The van der Waals surface area contributed by atoms with Gasteiger partial charge in [-0.3, -0.25) is 14.8 Å². The van der Waals surface area contributed by atoms with Crippen LogP contribution >= 0.6 is 15.9 Å². The van der Waals surface area contributed by atoms with Gasteiger partial charge in [0.05, 0.1) is 19.2 Å². The maximum Gasteiger partial charge on any atom is 0.230 e. The van der Waals surface area contributed by atoms with Gasteiger partial charge in [0.2, 0.25) is 11.9 Å². The summed E-state index contributed by atoms with van der Waals surface area (Å²) in [5.74, 6) is 1.09. The van der Waals surface area contributed by atoms with Gasteiger partial charge in [0.25, 0.3) is 0 Å². The van der Waals surface area contributed by atoms with Crippen molar-refractivity contribution in [2.24, 2.45) is 13.0 Å². The Morgan fingerprint density at radius 1 is 1.50 bits per heavy atom.